The Labute approximate surface area is 213 Å². The van der Waals surface area contributed by atoms with Crippen molar-refractivity contribution in [3.05, 3.63) is 99.0 Å². The largest absolute Gasteiger partial charge is 0.366 e. The standard InChI is InChI=1S/C28H27N5O4/c1-17-14-19(10-11-20(17)26(29)35)30-27(36)21-7-5-6-18-12-13-32(15-22(18)21)25(34)16-33-24-9-4-3-8-23(24)31(2)28(33)37/h3-11,14H,12-13,15-16H2,1-2H3,(H2,29,35)(H,30,36). The van der Waals surface area contributed by atoms with Gasteiger partial charge in [-0.25, -0.2) is 4.79 Å². The van der Waals surface area contributed by atoms with Gasteiger partial charge in [-0.15, -0.1) is 0 Å². The quantitative estimate of drug-likeness (QED) is 0.440. The topological polar surface area (TPSA) is 119 Å². The lowest BCUT2D eigenvalue weighted by molar-refractivity contribution is -0.132. The predicted molar refractivity (Wildman–Crippen MR) is 140 cm³/mol. The number of rotatable bonds is 5. The van der Waals surface area contributed by atoms with Gasteiger partial charge in [-0.05, 0) is 66.4 Å². The van der Waals surface area contributed by atoms with E-state index in [1.807, 2.05) is 36.4 Å². The van der Waals surface area contributed by atoms with Crippen molar-refractivity contribution in [2.75, 3.05) is 11.9 Å². The number of aromatic nitrogens is 2. The molecule has 3 aromatic carbocycles. The van der Waals surface area contributed by atoms with Crippen molar-refractivity contribution in [3.8, 4) is 0 Å². The van der Waals surface area contributed by atoms with Gasteiger partial charge in [0, 0.05) is 37.0 Å². The molecule has 188 valence electrons. The molecule has 0 radical (unpaired) electrons. The molecule has 3 N–H and O–H groups in total. The summed E-state index contributed by atoms with van der Waals surface area (Å²) in [6.45, 7) is 2.46. The minimum Gasteiger partial charge on any atom is -0.366 e. The van der Waals surface area contributed by atoms with Gasteiger partial charge >= 0.3 is 5.69 Å². The van der Waals surface area contributed by atoms with Crippen molar-refractivity contribution in [2.45, 2.75) is 26.4 Å². The van der Waals surface area contributed by atoms with Crippen molar-refractivity contribution in [2.24, 2.45) is 12.8 Å². The van der Waals surface area contributed by atoms with Crippen molar-refractivity contribution in [1.82, 2.24) is 14.0 Å². The number of benzene rings is 3. The van der Waals surface area contributed by atoms with Crippen LogP contribution < -0.4 is 16.7 Å². The molecule has 1 aromatic heterocycles. The van der Waals surface area contributed by atoms with E-state index in [0.717, 1.165) is 16.6 Å². The molecule has 1 aliphatic heterocycles. The normalized spacial score (nSPS) is 12.9. The van der Waals surface area contributed by atoms with Crippen LogP contribution in [0.4, 0.5) is 5.69 Å². The SMILES string of the molecule is Cc1cc(NC(=O)c2cccc3c2CN(C(=O)Cn2c(=O)n(C)c4ccccc42)CC3)ccc1C(N)=O. The Morgan fingerprint density at radius 2 is 1.73 bits per heavy atom. The molecule has 0 atom stereocenters. The van der Waals surface area contributed by atoms with E-state index in [-0.39, 0.29) is 30.6 Å². The number of amides is 3. The Morgan fingerprint density at radius 1 is 0.973 bits per heavy atom. The fourth-order valence-electron chi connectivity index (χ4n) is 4.97. The van der Waals surface area contributed by atoms with Gasteiger partial charge in [0.25, 0.3) is 5.91 Å². The maximum atomic E-state index is 13.3. The summed E-state index contributed by atoms with van der Waals surface area (Å²) in [5.74, 6) is -1.01. The van der Waals surface area contributed by atoms with E-state index in [1.165, 1.54) is 9.13 Å². The molecular formula is C28H27N5O4. The predicted octanol–water partition coefficient (Wildman–Crippen LogP) is 2.58. The highest BCUT2D eigenvalue weighted by Crippen LogP contribution is 2.25. The number of para-hydroxylation sites is 2. The number of carbonyl (C=O) groups excluding carboxylic acids is 3. The first-order valence-electron chi connectivity index (χ1n) is 12.0. The molecule has 37 heavy (non-hydrogen) atoms. The molecule has 1 aliphatic rings. The summed E-state index contributed by atoms with van der Waals surface area (Å²) >= 11 is 0. The van der Waals surface area contributed by atoms with Crippen LogP contribution in [0.3, 0.4) is 0 Å². The Morgan fingerprint density at radius 3 is 2.46 bits per heavy atom. The van der Waals surface area contributed by atoms with Crippen molar-refractivity contribution in [3.63, 3.8) is 0 Å². The van der Waals surface area contributed by atoms with Gasteiger partial charge < -0.3 is 16.0 Å². The molecule has 0 bridgehead atoms. The zero-order chi connectivity index (χ0) is 26.3. The number of anilines is 1. The molecule has 9 heteroatoms. The van der Waals surface area contributed by atoms with Crippen LogP contribution in [0, 0.1) is 6.92 Å². The summed E-state index contributed by atoms with van der Waals surface area (Å²) in [5, 5.41) is 2.89. The third-order valence-corrected chi connectivity index (χ3v) is 6.97. The van der Waals surface area contributed by atoms with Gasteiger partial charge in [0.05, 0.1) is 11.0 Å². The highest BCUT2D eigenvalue weighted by atomic mass is 16.2. The summed E-state index contributed by atoms with van der Waals surface area (Å²) in [6.07, 6.45) is 0.610. The zero-order valence-corrected chi connectivity index (χ0v) is 20.7. The number of nitrogens with zero attached hydrogens (tertiary/aromatic N) is 3. The van der Waals surface area contributed by atoms with Gasteiger partial charge in [-0.3, -0.25) is 23.5 Å². The molecule has 0 aliphatic carbocycles. The molecule has 9 nitrogen and oxygen atoms in total. The molecule has 2 heterocycles. The molecule has 0 unspecified atom stereocenters. The fraction of sp³-hybridized carbons (Fsp3) is 0.214. The molecule has 0 spiro atoms. The van der Waals surface area contributed by atoms with E-state index in [1.54, 1.807) is 43.1 Å². The van der Waals surface area contributed by atoms with Crippen molar-refractivity contribution < 1.29 is 14.4 Å². The van der Waals surface area contributed by atoms with Crippen molar-refractivity contribution >= 4 is 34.4 Å². The van der Waals surface area contributed by atoms with Crippen molar-refractivity contribution in [1.29, 1.82) is 0 Å². The molecule has 4 aromatic rings. The van der Waals surface area contributed by atoms with Crippen LogP contribution in [0.1, 0.15) is 37.4 Å². The number of imidazole rings is 1. The van der Waals surface area contributed by atoms with Crippen LogP contribution in [-0.4, -0.2) is 38.3 Å². The lowest BCUT2D eigenvalue weighted by Gasteiger charge is -2.30. The van der Waals surface area contributed by atoms with Gasteiger partial charge in [0.15, 0.2) is 0 Å². The average Bonchev–Trinajstić information content (AvgIpc) is 3.12. The smallest absolute Gasteiger partial charge is 0.329 e. The van der Waals surface area contributed by atoms with Gasteiger partial charge in [-0.1, -0.05) is 24.3 Å². The number of carbonyl (C=O) groups is 3. The lowest BCUT2D eigenvalue weighted by atomic mass is 9.94. The minimum absolute atomic E-state index is 0.0740. The fourth-order valence-corrected chi connectivity index (χ4v) is 4.97. The first kappa shape index (κ1) is 24.1. The van der Waals surface area contributed by atoms with Gasteiger partial charge in [-0.2, -0.15) is 0 Å². The number of nitrogens with one attached hydrogen (secondary N) is 1. The zero-order valence-electron chi connectivity index (χ0n) is 20.7. The van der Waals surface area contributed by atoms with Crippen LogP contribution in [-0.2, 0) is 31.4 Å². The van der Waals surface area contributed by atoms with Gasteiger partial charge in [0.1, 0.15) is 6.54 Å². The second-order valence-electron chi connectivity index (χ2n) is 9.27. The summed E-state index contributed by atoms with van der Waals surface area (Å²) in [7, 11) is 1.69. The maximum Gasteiger partial charge on any atom is 0.329 e. The number of fused-ring (bicyclic) bond motifs is 2. The third-order valence-electron chi connectivity index (χ3n) is 6.97. The summed E-state index contributed by atoms with van der Waals surface area (Å²) < 4.78 is 3.03. The Balaban J connectivity index is 1.37. The summed E-state index contributed by atoms with van der Waals surface area (Å²) in [6, 6.07) is 17.8. The van der Waals surface area contributed by atoms with E-state index < -0.39 is 5.91 Å². The number of aryl methyl sites for hydroxylation is 2. The number of hydrogen-bond acceptors (Lipinski definition) is 4. The highest BCUT2D eigenvalue weighted by Gasteiger charge is 2.26. The molecule has 0 saturated heterocycles. The average molecular weight is 498 g/mol. The maximum absolute atomic E-state index is 13.3. The van der Waals surface area contributed by atoms with Crippen LogP contribution in [0.15, 0.2) is 65.5 Å². The van der Waals surface area contributed by atoms with Crippen LogP contribution >= 0.6 is 0 Å². The number of hydrogen-bond donors (Lipinski definition) is 2. The molecule has 5 rings (SSSR count). The molecule has 0 fully saturated rings. The third kappa shape index (κ3) is 4.40. The van der Waals surface area contributed by atoms with E-state index in [2.05, 4.69) is 5.32 Å². The lowest BCUT2D eigenvalue weighted by Crippen LogP contribution is -2.40. The second kappa shape index (κ2) is 9.42. The summed E-state index contributed by atoms with van der Waals surface area (Å²) in [5.41, 5.74) is 10.5. The van der Waals surface area contributed by atoms with Crippen LogP contribution in [0.5, 0.6) is 0 Å². The minimum atomic E-state index is -0.525. The van der Waals surface area contributed by atoms with E-state index in [0.29, 0.717) is 40.9 Å². The van der Waals surface area contributed by atoms with E-state index >= 15 is 0 Å². The summed E-state index contributed by atoms with van der Waals surface area (Å²) in [4.78, 5) is 52.5. The van der Waals surface area contributed by atoms with Crippen LogP contribution in [0.2, 0.25) is 0 Å². The first-order chi connectivity index (χ1) is 17.7. The van der Waals surface area contributed by atoms with Crippen LogP contribution in [0.25, 0.3) is 11.0 Å². The second-order valence-corrected chi connectivity index (χ2v) is 9.27. The number of primary amides is 1. The van der Waals surface area contributed by atoms with Gasteiger partial charge in [0.2, 0.25) is 11.8 Å². The molecular weight excluding hydrogens is 470 g/mol. The van der Waals surface area contributed by atoms with E-state index in [4.69, 9.17) is 5.73 Å². The Hall–Kier alpha value is -4.66. The molecule has 0 saturated carbocycles. The Kier molecular flexibility index (Phi) is 6.12. The highest BCUT2D eigenvalue weighted by molar-refractivity contribution is 6.06. The Bertz CT molecular complexity index is 1630. The monoisotopic (exact) mass is 497 g/mol. The molecule has 3 amide bonds. The first-order valence-corrected chi connectivity index (χ1v) is 12.0. The number of nitrogens with two attached hydrogens (primary N) is 1. The van der Waals surface area contributed by atoms with E-state index in [9.17, 15) is 19.2 Å².